The first-order chi connectivity index (χ1) is 20.4. The average Bonchev–Trinajstić information content (AvgIpc) is 3.30. The van der Waals surface area contributed by atoms with Crippen molar-refractivity contribution >= 4 is 34.2 Å². The van der Waals surface area contributed by atoms with E-state index >= 15 is 0 Å². The molecule has 6 rings (SSSR count). The molecule has 0 fully saturated rings. The summed E-state index contributed by atoms with van der Waals surface area (Å²) in [7, 11) is 0. The van der Waals surface area contributed by atoms with Crippen LogP contribution >= 0.6 is 11.3 Å². The van der Waals surface area contributed by atoms with E-state index in [4.69, 9.17) is 14.5 Å². The normalized spacial score (nSPS) is 14.9. The Hall–Kier alpha value is -4.75. The highest BCUT2D eigenvalue weighted by Crippen LogP contribution is 2.34. The Morgan fingerprint density at radius 3 is 2.55 bits per heavy atom. The molecule has 0 aliphatic carbocycles. The number of fused-ring (bicyclic) bond motifs is 2. The van der Waals surface area contributed by atoms with Gasteiger partial charge in [-0.2, -0.15) is 0 Å². The zero-order chi connectivity index (χ0) is 29.2. The summed E-state index contributed by atoms with van der Waals surface area (Å²) in [6, 6.07) is 29.2. The maximum atomic E-state index is 14.1. The van der Waals surface area contributed by atoms with Crippen LogP contribution in [0.3, 0.4) is 0 Å². The summed E-state index contributed by atoms with van der Waals surface area (Å²) < 4.78 is 13.6. The van der Waals surface area contributed by atoms with Gasteiger partial charge in [0, 0.05) is 0 Å². The number of hydrogen-bond acceptors (Lipinski definition) is 6. The number of aryl methyl sites for hydroxylation is 1. The van der Waals surface area contributed by atoms with Crippen molar-refractivity contribution in [1.82, 2.24) is 4.57 Å². The summed E-state index contributed by atoms with van der Waals surface area (Å²) in [4.78, 5) is 32.6. The lowest BCUT2D eigenvalue weighted by Gasteiger charge is -2.25. The predicted octanol–water partition coefficient (Wildman–Crippen LogP) is 5.84. The van der Waals surface area contributed by atoms with Crippen LogP contribution in [0.1, 0.15) is 42.1 Å². The van der Waals surface area contributed by atoms with Crippen LogP contribution in [0.4, 0.5) is 0 Å². The molecule has 7 heteroatoms. The van der Waals surface area contributed by atoms with Gasteiger partial charge in [0.05, 0.1) is 28.5 Å². The first kappa shape index (κ1) is 27.4. The number of rotatable bonds is 7. The molecule has 0 bridgehead atoms. The van der Waals surface area contributed by atoms with Gasteiger partial charge >= 0.3 is 5.97 Å². The second-order valence-corrected chi connectivity index (χ2v) is 11.2. The van der Waals surface area contributed by atoms with Gasteiger partial charge in [-0.15, -0.1) is 0 Å². The minimum atomic E-state index is -0.669. The zero-order valence-electron chi connectivity index (χ0n) is 23.7. The van der Waals surface area contributed by atoms with Crippen LogP contribution in [0.5, 0.6) is 5.75 Å². The van der Waals surface area contributed by atoms with Crippen molar-refractivity contribution in [3.8, 4) is 5.75 Å². The fourth-order valence-electron chi connectivity index (χ4n) is 5.27. The van der Waals surface area contributed by atoms with Crippen LogP contribution in [-0.2, 0) is 16.1 Å². The van der Waals surface area contributed by atoms with Crippen molar-refractivity contribution in [3.63, 3.8) is 0 Å². The van der Waals surface area contributed by atoms with E-state index in [-0.39, 0.29) is 12.2 Å². The maximum Gasteiger partial charge on any atom is 0.338 e. The molecular formula is C35H30N2O4S. The maximum absolute atomic E-state index is 14.1. The summed E-state index contributed by atoms with van der Waals surface area (Å²) >= 11 is 1.31. The third-order valence-electron chi connectivity index (χ3n) is 7.32. The smallest absolute Gasteiger partial charge is 0.338 e. The summed E-state index contributed by atoms with van der Waals surface area (Å²) in [5.74, 6) is 0.246. The number of hydrogen-bond donors (Lipinski definition) is 0. The zero-order valence-corrected chi connectivity index (χ0v) is 24.5. The molecule has 210 valence electrons. The van der Waals surface area contributed by atoms with Crippen LogP contribution in [0.2, 0.25) is 0 Å². The van der Waals surface area contributed by atoms with Crippen LogP contribution in [0, 0.1) is 6.92 Å². The minimum Gasteiger partial charge on any atom is -0.489 e. The van der Waals surface area contributed by atoms with E-state index in [1.165, 1.54) is 16.9 Å². The second-order valence-electron chi connectivity index (χ2n) is 10.2. The van der Waals surface area contributed by atoms with E-state index in [1.54, 1.807) is 18.4 Å². The molecule has 0 saturated carbocycles. The summed E-state index contributed by atoms with van der Waals surface area (Å²) in [6.45, 7) is 6.31. The van der Waals surface area contributed by atoms with E-state index in [1.807, 2.05) is 72.8 Å². The van der Waals surface area contributed by atoms with E-state index in [9.17, 15) is 9.59 Å². The van der Waals surface area contributed by atoms with E-state index < -0.39 is 12.0 Å². The monoisotopic (exact) mass is 574 g/mol. The molecule has 5 aromatic rings. The molecule has 6 nitrogen and oxygen atoms in total. The van der Waals surface area contributed by atoms with Gasteiger partial charge < -0.3 is 9.47 Å². The molecule has 0 N–H and O–H groups in total. The number of carbonyl (C=O) groups is 1. The van der Waals surface area contributed by atoms with Crippen molar-refractivity contribution in [2.75, 3.05) is 6.61 Å². The van der Waals surface area contributed by atoms with Crippen molar-refractivity contribution in [2.45, 2.75) is 33.4 Å². The Morgan fingerprint density at radius 1 is 0.976 bits per heavy atom. The molecule has 1 aliphatic rings. The number of nitrogens with zero attached hydrogens (tertiary/aromatic N) is 2. The quantitative estimate of drug-likeness (QED) is 0.229. The molecule has 4 aromatic carbocycles. The number of aromatic nitrogens is 1. The van der Waals surface area contributed by atoms with Gasteiger partial charge in [0.25, 0.3) is 5.56 Å². The number of ether oxygens (including phenoxy) is 2. The molecule has 42 heavy (non-hydrogen) atoms. The van der Waals surface area contributed by atoms with Gasteiger partial charge in [0.15, 0.2) is 4.80 Å². The van der Waals surface area contributed by atoms with Crippen LogP contribution in [0.25, 0.3) is 16.8 Å². The third-order valence-corrected chi connectivity index (χ3v) is 8.30. The Kier molecular flexibility index (Phi) is 7.59. The number of carbonyl (C=O) groups excluding carboxylic acids is 1. The minimum absolute atomic E-state index is 0.211. The fraction of sp³-hybridized carbons (Fsp3) is 0.171. The lowest BCUT2D eigenvalue weighted by Crippen LogP contribution is -2.40. The van der Waals surface area contributed by atoms with E-state index in [2.05, 4.69) is 31.2 Å². The van der Waals surface area contributed by atoms with Gasteiger partial charge in [-0.05, 0) is 66.4 Å². The standard InChI is InChI=1S/C35H30N2O4S/c1-4-40-34(39)31-23(3)36-35-37(32(31)29-14-8-11-26-10-5-6-13-28(26)29)33(38)30(42-35)20-25-9-7-12-27(19-25)41-21-24-17-15-22(2)16-18-24/h5-20,32H,4,21H2,1-3H3/b30-20+/t32-/m1/s1. The van der Waals surface area contributed by atoms with Crippen LogP contribution < -0.4 is 19.6 Å². The topological polar surface area (TPSA) is 69.9 Å². The van der Waals surface area contributed by atoms with Crippen LogP contribution in [-0.4, -0.2) is 17.1 Å². The number of thiazole rings is 1. The molecule has 1 aromatic heterocycles. The van der Waals surface area contributed by atoms with Gasteiger partial charge in [0.1, 0.15) is 12.4 Å². The third kappa shape index (κ3) is 5.31. The largest absolute Gasteiger partial charge is 0.489 e. The highest BCUT2D eigenvalue weighted by molar-refractivity contribution is 7.07. The first-order valence-electron chi connectivity index (χ1n) is 13.9. The number of allylic oxidation sites excluding steroid dienone is 1. The van der Waals surface area contributed by atoms with Gasteiger partial charge in [-0.1, -0.05) is 95.8 Å². The lowest BCUT2D eigenvalue weighted by atomic mass is 9.91. The van der Waals surface area contributed by atoms with Gasteiger partial charge in [0.2, 0.25) is 0 Å². The fourth-order valence-corrected chi connectivity index (χ4v) is 6.32. The molecular weight excluding hydrogens is 544 g/mol. The van der Waals surface area contributed by atoms with Crippen molar-refractivity contribution in [3.05, 3.63) is 144 Å². The molecule has 0 saturated heterocycles. The Bertz CT molecular complexity index is 2010. The SMILES string of the molecule is CCOC(=O)C1=C(C)N=c2s/c(=C/c3cccc(OCc4ccc(C)cc4)c3)c(=O)n2[C@@H]1c1cccc2ccccc12. The highest BCUT2D eigenvalue weighted by Gasteiger charge is 2.34. The predicted molar refractivity (Wildman–Crippen MR) is 166 cm³/mol. The van der Waals surface area contributed by atoms with Crippen molar-refractivity contribution in [2.24, 2.45) is 4.99 Å². The summed E-state index contributed by atoms with van der Waals surface area (Å²) in [5, 5.41) is 1.99. The molecule has 0 spiro atoms. The molecule has 2 heterocycles. The second kappa shape index (κ2) is 11.6. The molecule has 0 radical (unpaired) electrons. The summed E-state index contributed by atoms with van der Waals surface area (Å²) in [5.41, 5.74) is 4.69. The Balaban J connectivity index is 1.44. The highest BCUT2D eigenvalue weighted by atomic mass is 32.1. The van der Waals surface area contributed by atoms with E-state index in [0.29, 0.717) is 33.0 Å². The molecule has 0 unspecified atom stereocenters. The van der Waals surface area contributed by atoms with Crippen molar-refractivity contribution < 1.29 is 14.3 Å². The first-order valence-corrected chi connectivity index (χ1v) is 14.7. The average molecular weight is 575 g/mol. The van der Waals surface area contributed by atoms with Gasteiger partial charge in [-0.3, -0.25) is 9.36 Å². The lowest BCUT2D eigenvalue weighted by molar-refractivity contribution is -0.139. The Labute approximate surface area is 247 Å². The van der Waals surface area contributed by atoms with Crippen LogP contribution in [0.15, 0.2) is 112 Å². The number of benzene rings is 4. The Morgan fingerprint density at radius 2 is 1.74 bits per heavy atom. The van der Waals surface area contributed by atoms with E-state index in [0.717, 1.165) is 27.5 Å². The van der Waals surface area contributed by atoms with Gasteiger partial charge in [-0.25, -0.2) is 9.79 Å². The molecule has 1 atom stereocenters. The number of esters is 1. The van der Waals surface area contributed by atoms with Crippen molar-refractivity contribution in [1.29, 1.82) is 0 Å². The molecule has 1 aliphatic heterocycles. The molecule has 0 amide bonds. The summed E-state index contributed by atoms with van der Waals surface area (Å²) in [6.07, 6.45) is 1.85.